The maximum atomic E-state index is 14.0. The van der Waals surface area contributed by atoms with Crippen LogP contribution in [0.5, 0.6) is 5.75 Å². The summed E-state index contributed by atoms with van der Waals surface area (Å²) in [5.74, 6) is 1.29. The normalized spacial score (nSPS) is 14.3. The Bertz CT molecular complexity index is 1610. The van der Waals surface area contributed by atoms with Gasteiger partial charge in [-0.2, -0.15) is 5.10 Å². The van der Waals surface area contributed by atoms with Crippen LogP contribution in [0.2, 0.25) is 0 Å². The smallest absolute Gasteiger partial charge is 0.322 e. The lowest BCUT2D eigenvalue weighted by Crippen LogP contribution is -2.38. The third-order valence-corrected chi connectivity index (χ3v) is 6.95. The van der Waals surface area contributed by atoms with Crippen LogP contribution >= 0.6 is 0 Å². The molecule has 2 amide bonds. The predicted molar refractivity (Wildman–Crippen MR) is 148 cm³/mol. The Morgan fingerprint density at radius 1 is 1.00 bits per heavy atom. The number of hydrogen-bond donors (Lipinski definition) is 1. The Morgan fingerprint density at radius 3 is 2.46 bits per heavy atom. The van der Waals surface area contributed by atoms with Crippen LogP contribution in [0.1, 0.15) is 35.5 Å². The van der Waals surface area contributed by atoms with Gasteiger partial charge in [-0.1, -0.05) is 30.3 Å². The molecule has 8 heteroatoms. The van der Waals surface area contributed by atoms with Crippen molar-refractivity contribution in [1.82, 2.24) is 19.2 Å². The Morgan fingerprint density at radius 2 is 1.74 bits per heavy atom. The molecule has 1 unspecified atom stereocenters. The first-order valence-corrected chi connectivity index (χ1v) is 12.9. The van der Waals surface area contributed by atoms with Crippen LogP contribution in [0.4, 0.5) is 14.9 Å². The Hall–Kier alpha value is -4.85. The summed E-state index contributed by atoms with van der Waals surface area (Å²) in [5, 5.41) is 7.92. The number of fused-ring (bicyclic) bond motifs is 3. The number of carbonyl (C=O) groups excluding carboxylic acids is 1. The van der Waals surface area contributed by atoms with Gasteiger partial charge in [0.25, 0.3) is 0 Å². The quantitative estimate of drug-likeness (QED) is 0.282. The summed E-state index contributed by atoms with van der Waals surface area (Å²) in [7, 11) is 0. The van der Waals surface area contributed by atoms with Gasteiger partial charge in [0.05, 0.1) is 36.3 Å². The van der Waals surface area contributed by atoms with E-state index in [-0.39, 0.29) is 11.8 Å². The van der Waals surface area contributed by atoms with Crippen molar-refractivity contribution >= 4 is 11.7 Å². The van der Waals surface area contributed by atoms with Crippen molar-refractivity contribution in [3.63, 3.8) is 0 Å². The molecule has 7 nitrogen and oxygen atoms in total. The lowest BCUT2D eigenvalue weighted by molar-refractivity contribution is 0.194. The molecule has 0 saturated heterocycles. The van der Waals surface area contributed by atoms with Crippen molar-refractivity contribution in [2.24, 2.45) is 0 Å². The third kappa shape index (κ3) is 4.54. The lowest BCUT2D eigenvalue weighted by atomic mass is 10.0. The SMILES string of the molecule is CCOc1ccc(NC(=O)N2Cc3c(C)nn(-c4ccccc4)c3-n3cccc3C2c2ccc(F)cc2)cc1. The first-order chi connectivity index (χ1) is 19.0. The Balaban J connectivity index is 1.48. The van der Waals surface area contributed by atoms with Crippen molar-refractivity contribution < 1.29 is 13.9 Å². The summed E-state index contributed by atoms with van der Waals surface area (Å²) >= 11 is 0. The van der Waals surface area contributed by atoms with Gasteiger partial charge in [-0.15, -0.1) is 0 Å². The van der Waals surface area contributed by atoms with Crippen LogP contribution in [-0.2, 0) is 6.54 Å². The number of para-hydroxylation sites is 1. The highest BCUT2D eigenvalue weighted by atomic mass is 19.1. The Kier molecular flexibility index (Phi) is 6.36. The number of nitrogens with zero attached hydrogens (tertiary/aromatic N) is 4. The van der Waals surface area contributed by atoms with Crippen molar-refractivity contribution in [3.05, 3.63) is 126 Å². The first-order valence-electron chi connectivity index (χ1n) is 12.9. The highest BCUT2D eigenvalue weighted by Crippen LogP contribution is 2.38. The van der Waals surface area contributed by atoms with Gasteiger partial charge in [0.2, 0.25) is 0 Å². The number of hydrogen-bond acceptors (Lipinski definition) is 3. The number of aryl methyl sites for hydroxylation is 1. The summed E-state index contributed by atoms with van der Waals surface area (Å²) < 4.78 is 23.5. The Labute approximate surface area is 226 Å². The number of ether oxygens (including phenoxy) is 1. The van der Waals surface area contributed by atoms with Crippen LogP contribution in [0.25, 0.3) is 11.5 Å². The van der Waals surface area contributed by atoms with Gasteiger partial charge in [-0.25, -0.2) is 13.9 Å². The number of nitrogens with one attached hydrogen (secondary N) is 1. The van der Waals surface area contributed by atoms with E-state index in [2.05, 4.69) is 9.88 Å². The molecule has 3 aromatic carbocycles. The van der Waals surface area contributed by atoms with E-state index in [1.54, 1.807) is 17.0 Å². The van der Waals surface area contributed by atoms with Crippen molar-refractivity contribution in [2.75, 3.05) is 11.9 Å². The third-order valence-electron chi connectivity index (χ3n) is 6.95. The summed E-state index contributed by atoms with van der Waals surface area (Å²) in [6.45, 7) is 4.76. The molecular weight excluding hydrogens is 493 g/mol. The fourth-order valence-electron chi connectivity index (χ4n) is 5.14. The topological polar surface area (TPSA) is 64.3 Å². The van der Waals surface area contributed by atoms with E-state index in [1.807, 2.05) is 91.5 Å². The van der Waals surface area contributed by atoms with Gasteiger partial charge in [-0.3, -0.25) is 0 Å². The van der Waals surface area contributed by atoms with E-state index in [1.165, 1.54) is 12.1 Å². The number of rotatable bonds is 5. The van der Waals surface area contributed by atoms with Crippen LogP contribution in [0, 0.1) is 12.7 Å². The van der Waals surface area contributed by atoms with Gasteiger partial charge in [0, 0.05) is 17.4 Å². The van der Waals surface area contributed by atoms with E-state index in [0.717, 1.165) is 39.8 Å². The van der Waals surface area contributed by atoms with Gasteiger partial charge >= 0.3 is 6.03 Å². The first kappa shape index (κ1) is 24.5. The second-order valence-electron chi connectivity index (χ2n) is 9.41. The second-order valence-corrected chi connectivity index (χ2v) is 9.41. The molecule has 3 heterocycles. The minimum atomic E-state index is -0.473. The molecule has 0 bridgehead atoms. The van der Waals surface area contributed by atoms with Crippen molar-refractivity contribution in [1.29, 1.82) is 0 Å². The molecule has 1 atom stereocenters. The molecule has 5 aromatic rings. The van der Waals surface area contributed by atoms with Gasteiger partial charge in [-0.05, 0) is 80.1 Å². The average molecular weight is 522 g/mol. The number of aromatic nitrogens is 3. The zero-order valence-electron chi connectivity index (χ0n) is 21.7. The predicted octanol–water partition coefficient (Wildman–Crippen LogP) is 6.65. The number of carbonyl (C=O) groups is 1. The molecule has 1 aliphatic rings. The van der Waals surface area contributed by atoms with Crippen LogP contribution < -0.4 is 10.1 Å². The monoisotopic (exact) mass is 521 g/mol. The maximum absolute atomic E-state index is 14.0. The molecule has 39 heavy (non-hydrogen) atoms. The zero-order valence-corrected chi connectivity index (χ0v) is 21.7. The fourth-order valence-corrected chi connectivity index (χ4v) is 5.14. The molecule has 0 spiro atoms. The van der Waals surface area contributed by atoms with E-state index < -0.39 is 6.04 Å². The summed E-state index contributed by atoms with van der Waals surface area (Å²) in [5.41, 5.74) is 5.01. The molecule has 1 aliphatic heterocycles. The fraction of sp³-hybridized carbons (Fsp3) is 0.161. The van der Waals surface area contributed by atoms with Crippen LogP contribution in [0.15, 0.2) is 97.2 Å². The number of amides is 2. The molecular formula is C31H28FN5O2. The molecule has 6 rings (SSSR count). The highest BCUT2D eigenvalue weighted by Gasteiger charge is 2.36. The second kappa shape index (κ2) is 10.1. The zero-order chi connectivity index (χ0) is 26.9. The maximum Gasteiger partial charge on any atom is 0.322 e. The lowest BCUT2D eigenvalue weighted by Gasteiger charge is -2.31. The number of urea groups is 1. The molecule has 0 radical (unpaired) electrons. The van der Waals surface area contributed by atoms with Crippen molar-refractivity contribution in [3.8, 4) is 17.3 Å². The molecule has 0 saturated carbocycles. The summed E-state index contributed by atoms with van der Waals surface area (Å²) in [6, 6.07) is 26.8. The van der Waals surface area contributed by atoms with Gasteiger partial charge in [0.15, 0.2) is 0 Å². The number of halogens is 1. The molecule has 2 aromatic heterocycles. The average Bonchev–Trinajstić information content (AvgIpc) is 3.51. The molecule has 1 N–H and O–H groups in total. The summed E-state index contributed by atoms with van der Waals surface area (Å²) in [6.07, 6.45) is 1.99. The van der Waals surface area contributed by atoms with Crippen LogP contribution in [-0.4, -0.2) is 31.9 Å². The minimum absolute atomic E-state index is 0.277. The molecule has 196 valence electrons. The minimum Gasteiger partial charge on any atom is -0.494 e. The standard InChI is InChI=1S/C31H28FN5O2/c1-3-39-26-17-15-24(16-18-26)33-31(38)36-20-27-21(2)34-37(25-8-5-4-6-9-25)30(27)35-19-7-10-28(35)29(36)22-11-13-23(32)14-12-22/h4-19,29H,3,20H2,1-2H3,(H,33,38). The van der Waals surface area contributed by atoms with E-state index in [0.29, 0.717) is 18.8 Å². The largest absolute Gasteiger partial charge is 0.494 e. The van der Waals surface area contributed by atoms with E-state index >= 15 is 0 Å². The van der Waals surface area contributed by atoms with E-state index in [4.69, 9.17) is 9.84 Å². The van der Waals surface area contributed by atoms with Crippen molar-refractivity contribution in [2.45, 2.75) is 26.4 Å². The molecule has 0 fully saturated rings. The van der Waals surface area contributed by atoms with E-state index in [9.17, 15) is 9.18 Å². The molecule has 0 aliphatic carbocycles. The van der Waals surface area contributed by atoms with Gasteiger partial charge in [0.1, 0.15) is 17.4 Å². The van der Waals surface area contributed by atoms with Gasteiger partial charge < -0.3 is 19.5 Å². The summed E-state index contributed by atoms with van der Waals surface area (Å²) in [4.78, 5) is 15.8. The number of anilines is 1. The highest BCUT2D eigenvalue weighted by molar-refractivity contribution is 5.90. The van der Waals surface area contributed by atoms with Crippen LogP contribution in [0.3, 0.4) is 0 Å². The number of benzene rings is 3.